The summed E-state index contributed by atoms with van der Waals surface area (Å²) in [6.45, 7) is 4.42. The summed E-state index contributed by atoms with van der Waals surface area (Å²) in [6.07, 6.45) is 3.55. The number of aryl methyl sites for hydroxylation is 2. The molecule has 2 N–H and O–H groups in total. The fraction of sp³-hybridized carbons (Fsp3) is 0.158. The molecule has 0 atom stereocenters. The molecule has 5 nitrogen and oxygen atoms in total. The van der Waals surface area contributed by atoms with E-state index in [-0.39, 0.29) is 0 Å². The molecule has 134 valence electrons. The standard InChI is InChI=1S/C19H19BrN4OS/c1-13-3-4-14(2)18(9-13)23-19(26)22-16-10-21-24(11-16)12-25-17-7-5-15(20)6-8-17/h3-11H,12H2,1-2H3,(H2,22,23,26). The lowest BCUT2D eigenvalue weighted by atomic mass is 10.1. The van der Waals surface area contributed by atoms with Gasteiger partial charge in [-0.3, -0.25) is 0 Å². The van der Waals surface area contributed by atoms with Crippen LogP contribution < -0.4 is 15.4 Å². The number of anilines is 2. The van der Waals surface area contributed by atoms with Gasteiger partial charge >= 0.3 is 0 Å². The zero-order chi connectivity index (χ0) is 18.5. The number of rotatable bonds is 5. The van der Waals surface area contributed by atoms with Crippen LogP contribution in [-0.2, 0) is 6.73 Å². The summed E-state index contributed by atoms with van der Waals surface area (Å²) < 4.78 is 8.41. The topological polar surface area (TPSA) is 51.1 Å². The highest BCUT2D eigenvalue weighted by atomic mass is 79.9. The Labute approximate surface area is 166 Å². The molecule has 26 heavy (non-hydrogen) atoms. The molecule has 0 unspecified atom stereocenters. The fourth-order valence-electron chi connectivity index (χ4n) is 2.33. The van der Waals surface area contributed by atoms with Crippen molar-refractivity contribution < 1.29 is 4.74 Å². The van der Waals surface area contributed by atoms with Crippen molar-refractivity contribution in [3.63, 3.8) is 0 Å². The summed E-state index contributed by atoms with van der Waals surface area (Å²) in [5.74, 6) is 0.783. The second kappa shape index (κ2) is 8.33. The highest BCUT2D eigenvalue weighted by molar-refractivity contribution is 9.10. The molecule has 7 heteroatoms. The third-order valence-electron chi connectivity index (χ3n) is 3.71. The van der Waals surface area contributed by atoms with Gasteiger partial charge in [0.25, 0.3) is 0 Å². The molecule has 1 heterocycles. The van der Waals surface area contributed by atoms with Crippen LogP contribution in [0, 0.1) is 13.8 Å². The monoisotopic (exact) mass is 430 g/mol. The Kier molecular flexibility index (Phi) is 5.90. The van der Waals surface area contributed by atoms with Crippen molar-refractivity contribution in [2.24, 2.45) is 0 Å². The molecule has 0 bridgehead atoms. The van der Waals surface area contributed by atoms with Crippen molar-refractivity contribution >= 4 is 44.6 Å². The highest BCUT2D eigenvalue weighted by Crippen LogP contribution is 2.18. The minimum absolute atomic E-state index is 0.320. The molecule has 0 amide bonds. The van der Waals surface area contributed by atoms with Crippen molar-refractivity contribution in [1.82, 2.24) is 9.78 Å². The predicted molar refractivity (Wildman–Crippen MR) is 113 cm³/mol. The second-order valence-electron chi connectivity index (χ2n) is 5.89. The van der Waals surface area contributed by atoms with Crippen LogP contribution in [0.3, 0.4) is 0 Å². The highest BCUT2D eigenvalue weighted by Gasteiger charge is 2.05. The van der Waals surface area contributed by atoms with Crippen LogP contribution in [-0.4, -0.2) is 14.9 Å². The van der Waals surface area contributed by atoms with Gasteiger partial charge in [0.2, 0.25) is 0 Å². The number of aromatic nitrogens is 2. The van der Waals surface area contributed by atoms with Gasteiger partial charge in [-0.2, -0.15) is 5.10 Å². The normalized spacial score (nSPS) is 10.4. The lowest BCUT2D eigenvalue weighted by Gasteiger charge is -2.12. The molecule has 0 aliphatic rings. The van der Waals surface area contributed by atoms with E-state index in [0.717, 1.165) is 27.2 Å². The number of hydrogen-bond acceptors (Lipinski definition) is 3. The first-order chi connectivity index (χ1) is 12.5. The first-order valence-electron chi connectivity index (χ1n) is 8.06. The Morgan fingerprint density at radius 3 is 2.69 bits per heavy atom. The van der Waals surface area contributed by atoms with Gasteiger partial charge in [-0.05, 0) is 67.5 Å². The predicted octanol–water partition coefficient (Wildman–Crippen LogP) is 5.11. The minimum atomic E-state index is 0.320. The number of hydrogen-bond donors (Lipinski definition) is 2. The third-order valence-corrected chi connectivity index (χ3v) is 4.44. The fourth-order valence-corrected chi connectivity index (χ4v) is 2.82. The molecule has 0 aliphatic heterocycles. The van der Waals surface area contributed by atoms with E-state index < -0.39 is 0 Å². The molecule has 0 saturated heterocycles. The molecule has 0 aliphatic carbocycles. The summed E-state index contributed by atoms with van der Waals surface area (Å²) in [6, 6.07) is 13.9. The zero-order valence-electron chi connectivity index (χ0n) is 14.5. The van der Waals surface area contributed by atoms with Crippen molar-refractivity contribution in [3.05, 3.63) is 70.5 Å². The van der Waals surface area contributed by atoms with E-state index in [0.29, 0.717) is 11.8 Å². The molecule has 0 spiro atoms. The molecular formula is C19H19BrN4OS. The molecular weight excluding hydrogens is 412 g/mol. The van der Waals surface area contributed by atoms with Gasteiger partial charge in [0.1, 0.15) is 5.75 Å². The van der Waals surface area contributed by atoms with Gasteiger partial charge in [0.15, 0.2) is 11.8 Å². The summed E-state index contributed by atoms with van der Waals surface area (Å²) in [5, 5.41) is 11.2. The van der Waals surface area contributed by atoms with Crippen LogP contribution in [0.4, 0.5) is 11.4 Å². The zero-order valence-corrected chi connectivity index (χ0v) is 16.9. The Morgan fingerprint density at radius 2 is 1.92 bits per heavy atom. The quantitative estimate of drug-likeness (QED) is 0.550. The van der Waals surface area contributed by atoms with Crippen LogP contribution in [0.15, 0.2) is 59.3 Å². The maximum Gasteiger partial charge on any atom is 0.180 e. The Hall–Kier alpha value is -2.38. The second-order valence-corrected chi connectivity index (χ2v) is 7.22. The van der Waals surface area contributed by atoms with E-state index >= 15 is 0 Å². The van der Waals surface area contributed by atoms with Gasteiger partial charge in [0.05, 0.1) is 18.1 Å². The molecule has 3 rings (SSSR count). The average molecular weight is 431 g/mol. The van der Waals surface area contributed by atoms with Gasteiger partial charge in [-0.1, -0.05) is 28.1 Å². The van der Waals surface area contributed by atoms with E-state index in [4.69, 9.17) is 17.0 Å². The number of nitrogens with one attached hydrogen (secondary N) is 2. The minimum Gasteiger partial charge on any atom is -0.471 e. The van der Waals surface area contributed by atoms with Crippen molar-refractivity contribution in [3.8, 4) is 5.75 Å². The number of ether oxygens (including phenoxy) is 1. The molecule has 0 saturated carbocycles. The summed E-state index contributed by atoms with van der Waals surface area (Å²) in [5.41, 5.74) is 4.11. The molecule has 1 aromatic heterocycles. The molecule has 2 aromatic carbocycles. The Balaban J connectivity index is 1.55. The van der Waals surface area contributed by atoms with E-state index in [9.17, 15) is 0 Å². The number of nitrogens with zero attached hydrogens (tertiary/aromatic N) is 2. The third kappa shape index (κ3) is 5.06. The first kappa shape index (κ1) is 18.4. The van der Waals surface area contributed by atoms with Crippen LogP contribution >= 0.6 is 28.1 Å². The first-order valence-corrected chi connectivity index (χ1v) is 9.26. The van der Waals surface area contributed by atoms with Crippen LogP contribution in [0.2, 0.25) is 0 Å². The van der Waals surface area contributed by atoms with E-state index in [1.165, 1.54) is 5.56 Å². The van der Waals surface area contributed by atoms with Gasteiger partial charge in [0, 0.05) is 10.2 Å². The summed E-state index contributed by atoms with van der Waals surface area (Å²) in [7, 11) is 0. The maximum atomic E-state index is 5.69. The summed E-state index contributed by atoms with van der Waals surface area (Å²) in [4.78, 5) is 0. The van der Waals surface area contributed by atoms with E-state index in [1.54, 1.807) is 10.9 Å². The Bertz CT molecular complexity index is 908. The number of halogens is 1. The largest absolute Gasteiger partial charge is 0.471 e. The lowest BCUT2D eigenvalue weighted by Crippen LogP contribution is -2.19. The number of benzene rings is 2. The van der Waals surface area contributed by atoms with Gasteiger partial charge in [-0.15, -0.1) is 0 Å². The van der Waals surface area contributed by atoms with Gasteiger partial charge in [-0.25, -0.2) is 4.68 Å². The van der Waals surface area contributed by atoms with Crippen LogP contribution in [0.25, 0.3) is 0 Å². The molecule has 0 radical (unpaired) electrons. The van der Waals surface area contributed by atoms with E-state index in [2.05, 4.69) is 56.8 Å². The van der Waals surface area contributed by atoms with Gasteiger partial charge < -0.3 is 15.4 Å². The average Bonchev–Trinajstić information content (AvgIpc) is 3.05. The molecule has 3 aromatic rings. The maximum absolute atomic E-state index is 5.69. The summed E-state index contributed by atoms with van der Waals surface area (Å²) >= 11 is 8.79. The van der Waals surface area contributed by atoms with Crippen molar-refractivity contribution in [2.45, 2.75) is 20.6 Å². The SMILES string of the molecule is Cc1ccc(C)c(NC(=S)Nc2cnn(COc3ccc(Br)cc3)c2)c1. The Morgan fingerprint density at radius 1 is 1.15 bits per heavy atom. The van der Waals surface area contributed by atoms with Crippen molar-refractivity contribution in [1.29, 1.82) is 0 Å². The lowest BCUT2D eigenvalue weighted by molar-refractivity contribution is 0.221. The number of thiocarbonyl (C=S) groups is 1. The van der Waals surface area contributed by atoms with E-state index in [1.807, 2.05) is 37.4 Å². The van der Waals surface area contributed by atoms with Crippen LogP contribution in [0.5, 0.6) is 5.75 Å². The van der Waals surface area contributed by atoms with Crippen LogP contribution in [0.1, 0.15) is 11.1 Å². The molecule has 0 fully saturated rings. The van der Waals surface area contributed by atoms with Crippen molar-refractivity contribution in [2.75, 3.05) is 10.6 Å². The smallest absolute Gasteiger partial charge is 0.180 e.